The Balaban J connectivity index is 2.29. The lowest BCUT2D eigenvalue weighted by atomic mass is 9.97. The summed E-state index contributed by atoms with van der Waals surface area (Å²) in [7, 11) is 0. The molecule has 0 aromatic heterocycles. The normalized spacial score (nSPS) is 18.9. The maximum absolute atomic E-state index is 10.7. The molecule has 1 unspecified atom stereocenters. The van der Waals surface area contributed by atoms with Crippen LogP contribution in [-0.2, 0) is 0 Å². The Morgan fingerprint density at radius 3 is 3.00 bits per heavy atom. The van der Waals surface area contributed by atoms with Crippen molar-refractivity contribution in [2.24, 2.45) is 11.7 Å². The first-order chi connectivity index (χ1) is 9.15. The molecule has 1 fully saturated rings. The molecule has 1 aliphatic heterocycles. The second-order valence-corrected chi connectivity index (χ2v) is 4.76. The fraction of sp³-hybridized carbons (Fsp3) is 0.462. The number of nitro benzene ring substituents is 1. The number of non-ortho nitro benzene ring substituents is 1. The minimum atomic E-state index is -0.483. The molecule has 0 aliphatic carbocycles. The van der Waals surface area contributed by atoms with Gasteiger partial charge >= 0.3 is 0 Å². The van der Waals surface area contributed by atoms with E-state index in [0.29, 0.717) is 18.0 Å². The Labute approximate surface area is 111 Å². The van der Waals surface area contributed by atoms with Crippen LogP contribution in [0.4, 0.5) is 11.4 Å². The average molecular weight is 260 g/mol. The number of piperidine rings is 1. The lowest BCUT2D eigenvalue weighted by Gasteiger charge is -2.34. The lowest BCUT2D eigenvalue weighted by Crippen LogP contribution is -2.38. The van der Waals surface area contributed by atoms with Crippen molar-refractivity contribution in [3.8, 4) is 6.07 Å². The number of hydrogen-bond donors (Lipinski definition) is 1. The molecule has 1 heterocycles. The van der Waals surface area contributed by atoms with Gasteiger partial charge < -0.3 is 10.6 Å². The van der Waals surface area contributed by atoms with E-state index in [0.717, 1.165) is 31.6 Å². The van der Waals surface area contributed by atoms with Crippen molar-refractivity contribution in [3.05, 3.63) is 33.9 Å². The zero-order valence-electron chi connectivity index (χ0n) is 10.6. The highest BCUT2D eigenvalue weighted by Gasteiger charge is 2.22. The molecule has 0 radical (unpaired) electrons. The van der Waals surface area contributed by atoms with E-state index in [1.54, 1.807) is 6.07 Å². The highest BCUT2D eigenvalue weighted by Crippen LogP contribution is 2.28. The van der Waals surface area contributed by atoms with E-state index in [2.05, 4.69) is 4.90 Å². The van der Waals surface area contributed by atoms with Crippen LogP contribution in [0.2, 0.25) is 0 Å². The number of nitro groups is 1. The van der Waals surface area contributed by atoms with E-state index < -0.39 is 4.92 Å². The first-order valence-corrected chi connectivity index (χ1v) is 6.29. The van der Waals surface area contributed by atoms with E-state index in [1.165, 1.54) is 12.1 Å². The first kappa shape index (κ1) is 13.3. The smallest absolute Gasteiger partial charge is 0.270 e. The van der Waals surface area contributed by atoms with E-state index >= 15 is 0 Å². The molecule has 6 nitrogen and oxygen atoms in total. The molecular formula is C13H16N4O2. The quantitative estimate of drug-likeness (QED) is 0.658. The molecule has 1 atom stereocenters. The summed E-state index contributed by atoms with van der Waals surface area (Å²) in [5, 5.41) is 19.9. The summed E-state index contributed by atoms with van der Waals surface area (Å²) in [5.74, 6) is 0.426. The van der Waals surface area contributed by atoms with Crippen molar-refractivity contribution >= 4 is 11.4 Å². The third-order valence-corrected chi connectivity index (χ3v) is 3.50. The minimum absolute atomic E-state index is 0.0484. The highest BCUT2D eigenvalue weighted by atomic mass is 16.6. The Morgan fingerprint density at radius 2 is 2.37 bits per heavy atom. The van der Waals surface area contributed by atoms with Gasteiger partial charge in [-0.05, 0) is 31.4 Å². The number of nitrogens with two attached hydrogens (primary N) is 1. The van der Waals surface area contributed by atoms with Crippen LogP contribution in [0, 0.1) is 27.4 Å². The Hall–Kier alpha value is -2.13. The SMILES string of the molecule is N#Cc1cc([N+](=O)[O-])ccc1N1CCCC(CN)C1. The van der Waals surface area contributed by atoms with Crippen LogP contribution in [-0.4, -0.2) is 24.6 Å². The second-order valence-electron chi connectivity index (χ2n) is 4.76. The van der Waals surface area contributed by atoms with E-state index in [1.807, 2.05) is 6.07 Å². The molecule has 2 N–H and O–H groups in total. The topological polar surface area (TPSA) is 96.2 Å². The van der Waals surface area contributed by atoms with Crippen molar-refractivity contribution in [2.45, 2.75) is 12.8 Å². The van der Waals surface area contributed by atoms with Crippen LogP contribution in [0.5, 0.6) is 0 Å². The molecule has 1 saturated heterocycles. The van der Waals surface area contributed by atoms with Gasteiger partial charge in [0.25, 0.3) is 5.69 Å². The van der Waals surface area contributed by atoms with Gasteiger partial charge in [-0.1, -0.05) is 0 Å². The van der Waals surface area contributed by atoms with Crippen LogP contribution < -0.4 is 10.6 Å². The monoisotopic (exact) mass is 260 g/mol. The first-order valence-electron chi connectivity index (χ1n) is 6.29. The van der Waals surface area contributed by atoms with Crippen molar-refractivity contribution in [3.63, 3.8) is 0 Å². The third kappa shape index (κ3) is 2.83. The second kappa shape index (κ2) is 5.67. The van der Waals surface area contributed by atoms with Crippen LogP contribution in [0.15, 0.2) is 18.2 Å². The molecule has 1 aliphatic rings. The number of anilines is 1. The van der Waals surface area contributed by atoms with Gasteiger partial charge in [0.1, 0.15) is 6.07 Å². The Kier molecular flexibility index (Phi) is 3.97. The van der Waals surface area contributed by atoms with Gasteiger partial charge in [-0.25, -0.2) is 0 Å². The molecule has 19 heavy (non-hydrogen) atoms. The molecule has 0 amide bonds. The summed E-state index contributed by atoms with van der Waals surface area (Å²) in [5.41, 5.74) is 6.77. The lowest BCUT2D eigenvalue weighted by molar-refractivity contribution is -0.384. The van der Waals surface area contributed by atoms with E-state index in [9.17, 15) is 10.1 Å². The minimum Gasteiger partial charge on any atom is -0.370 e. The standard InChI is InChI=1S/C13H16N4O2/c14-7-10-2-1-5-16(9-10)13-4-3-12(17(18)19)6-11(13)8-15/h3-4,6,10H,1-2,5,7,9,14H2. The number of nitrogens with zero attached hydrogens (tertiary/aromatic N) is 3. The zero-order valence-corrected chi connectivity index (χ0v) is 10.6. The molecule has 0 spiro atoms. The number of benzene rings is 1. The summed E-state index contributed by atoms with van der Waals surface area (Å²) in [4.78, 5) is 12.3. The fourth-order valence-corrected chi connectivity index (χ4v) is 2.48. The summed E-state index contributed by atoms with van der Waals surface area (Å²) < 4.78 is 0. The fourth-order valence-electron chi connectivity index (χ4n) is 2.48. The van der Waals surface area contributed by atoms with Crippen LogP contribution in [0.1, 0.15) is 18.4 Å². The summed E-state index contributed by atoms with van der Waals surface area (Å²) in [6, 6.07) is 6.49. The van der Waals surface area contributed by atoms with Crippen LogP contribution in [0.25, 0.3) is 0 Å². The summed E-state index contributed by atoms with van der Waals surface area (Å²) in [6.45, 7) is 2.30. The average Bonchev–Trinajstić information content (AvgIpc) is 2.46. The van der Waals surface area contributed by atoms with E-state index in [-0.39, 0.29) is 5.69 Å². The van der Waals surface area contributed by atoms with Crippen molar-refractivity contribution < 1.29 is 4.92 Å². The largest absolute Gasteiger partial charge is 0.370 e. The predicted octanol–water partition coefficient (Wildman–Crippen LogP) is 1.64. The van der Waals surface area contributed by atoms with E-state index in [4.69, 9.17) is 11.0 Å². The Morgan fingerprint density at radius 1 is 1.58 bits per heavy atom. The zero-order chi connectivity index (χ0) is 13.8. The number of hydrogen-bond acceptors (Lipinski definition) is 5. The summed E-state index contributed by atoms with van der Waals surface area (Å²) >= 11 is 0. The van der Waals surface area contributed by atoms with Gasteiger partial charge in [-0.15, -0.1) is 0 Å². The maximum Gasteiger partial charge on any atom is 0.270 e. The Bertz CT molecular complexity index is 524. The molecule has 0 saturated carbocycles. The molecule has 2 rings (SSSR count). The van der Waals surface area contributed by atoms with Gasteiger partial charge in [0, 0.05) is 25.2 Å². The number of nitriles is 1. The predicted molar refractivity (Wildman–Crippen MR) is 71.8 cm³/mol. The molecule has 100 valence electrons. The van der Waals surface area contributed by atoms with Crippen LogP contribution in [0.3, 0.4) is 0 Å². The molecule has 6 heteroatoms. The van der Waals surface area contributed by atoms with Gasteiger partial charge in [0.15, 0.2) is 0 Å². The van der Waals surface area contributed by atoms with Gasteiger partial charge in [0.05, 0.1) is 16.2 Å². The summed E-state index contributed by atoms with van der Waals surface area (Å²) in [6.07, 6.45) is 2.13. The number of rotatable bonds is 3. The van der Waals surface area contributed by atoms with Crippen LogP contribution >= 0.6 is 0 Å². The molecular weight excluding hydrogens is 244 g/mol. The van der Waals surface area contributed by atoms with Gasteiger partial charge in [-0.3, -0.25) is 10.1 Å². The third-order valence-electron chi connectivity index (χ3n) is 3.50. The van der Waals surface area contributed by atoms with Gasteiger partial charge in [0.2, 0.25) is 0 Å². The molecule has 0 bridgehead atoms. The molecule has 1 aromatic rings. The van der Waals surface area contributed by atoms with Crippen molar-refractivity contribution in [2.75, 3.05) is 24.5 Å². The van der Waals surface area contributed by atoms with Crippen molar-refractivity contribution in [1.29, 1.82) is 5.26 Å². The van der Waals surface area contributed by atoms with Crippen molar-refractivity contribution in [1.82, 2.24) is 0 Å². The van der Waals surface area contributed by atoms with Gasteiger partial charge in [-0.2, -0.15) is 5.26 Å². The molecule has 1 aromatic carbocycles. The maximum atomic E-state index is 10.7. The highest BCUT2D eigenvalue weighted by molar-refractivity contribution is 5.63.